The fraction of sp³-hybridized carbons (Fsp3) is 0.545. The molecule has 98 valence electrons. The molecule has 0 spiro atoms. The highest BCUT2D eigenvalue weighted by molar-refractivity contribution is 9.09. The number of carbonyl (C=O) groups is 1. The summed E-state index contributed by atoms with van der Waals surface area (Å²) in [6.45, 7) is 1.38. The molecule has 18 heavy (non-hydrogen) atoms. The number of alkyl halides is 1. The van der Waals surface area contributed by atoms with Crippen molar-refractivity contribution in [1.82, 2.24) is 9.47 Å². The van der Waals surface area contributed by atoms with E-state index >= 15 is 0 Å². The van der Waals surface area contributed by atoms with E-state index in [4.69, 9.17) is 0 Å². The second-order valence-corrected chi connectivity index (χ2v) is 5.65. The van der Waals surface area contributed by atoms with Crippen LogP contribution in [0.25, 0.3) is 0 Å². The Bertz CT molecular complexity index is 478. The first-order valence-electron chi connectivity index (χ1n) is 5.74. The lowest BCUT2D eigenvalue weighted by atomic mass is 10.1. The van der Waals surface area contributed by atoms with E-state index < -0.39 is 4.92 Å². The molecule has 7 heteroatoms. The maximum absolute atomic E-state index is 12.2. The molecule has 6 nitrogen and oxygen atoms in total. The Hall–Kier alpha value is -1.37. The van der Waals surface area contributed by atoms with Gasteiger partial charge in [-0.1, -0.05) is 15.9 Å². The third kappa shape index (κ3) is 2.40. The van der Waals surface area contributed by atoms with Crippen molar-refractivity contribution in [3.05, 3.63) is 27.9 Å². The molecule has 0 N–H and O–H groups in total. The molecule has 1 amide bonds. The zero-order valence-corrected chi connectivity index (χ0v) is 11.6. The smallest absolute Gasteiger partial charge is 0.323 e. The Morgan fingerprint density at radius 2 is 2.06 bits per heavy atom. The van der Waals surface area contributed by atoms with Crippen molar-refractivity contribution in [1.29, 1.82) is 0 Å². The second-order valence-electron chi connectivity index (χ2n) is 4.36. The van der Waals surface area contributed by atoms with Crippen LogP contribution in [-0.4, -0.2) is 38.2 Å². The van der Waals surface area contributed by atoms with Crippen LogP contribution in [0.5, 0.6) is 0 Å². The maximum Gasteiger partial charge on any atom is 0.323 e. The Morgan fingerprint density at radius 1 is 1.44 bits per heavy atom. The quantitative estimate of drug-likeness (QED) is 0.476. The zero-order chi connectivity index (χ0) is 13.3. The van der Waals surface area contributed by atoms with Crippen molar-refractivity contribution < 1.29 is 9.72 Å². The maximum atomic E-state index is 12.2. The van der Waals surface area contributed by atoms with E-state index in [9.17, 15) is 14.9 Å². The van der Waals surface area contributed by atoms with Crippen LogP contribution in [0.4, 0.5) is 5.82 Å². The summed E-state index contributed by atoms with van der Waals surface area (Å²) in [6, 6.07) is 2.88. The van der Waals surface area contributed by atoms with E-state index in [1.165, 1.54) is 16.7 Å². The molecule has 2 heterocycles. The summed E-state index contributed by atoms with van der Waals surface area (Å²) in [5, 5.41) is 10.7. The highest BCUT2D eigenvalue weighted by Crippen LogP contribution is 2.21. The Morgan fingerprint density at radius 3 is 2.56 bits per heavy atom. The van der Waals surface area contributed by atoms with Crippen molar-refractivity contribution in [2.75, 3.05) is 13.1 Å². The minimum absolute atomic E-state index is 0.0614. The average Bonchev–Trinajstić information content (AvgIpc) is 2.71. The molecule has 0 saturated carbocycles. The van der Waals surface area contributed by atoms with Crippen LogP contribution >= 0.6 is 15.9 Å². The molecule has 0 atom stereocenters. The Labute approximate surface area is 113 Å². The van der Waals surface area contributed by atoms with Gasteiger partial charge in [-0.15, -0.1) is 0 Å². The van der Waals surface area contributed by atoms with E-state index in [0.717, 1.165) is 12.8 Å². The summed E-state index contributed by atoms with van der Waals surface area (Å²) in [4.78, 5) is 24.7. The van der Waals surface area contributed by atoms with Gasteiger partial charge in [0.25, 0.3) is 5.91 Å². The van der Waals surface area contributed by atoms with E-state index in [-0.39, 0.29) is 11.7 Å². The molecule has 0 unspecified atom stereocenters. The molecular weight excluding hydrogens is 302 g/mol. The van der Waals surface area contributed by atoms with Gasteiger partial charge < -0.3 is 15.0 Å². The fourth-order valence-corrected chi connectivity index (χ4v) is 2.52. The van der Waals surface area contributed by atoms with Gasteiger partial charge in [-0.2, -0.15) is 0 Å². The number of piperidine rings is 1. The highest BCUT2D eigenvalue weighted by Gasteiger charge is 2.27. The van der Waals surface area contributed by atoms with Gasteiger partial charge in [0, 0.05) is 24.0 Å². The van der Waals surface area contributed by atoms with Crippen LogP contribution in [0.3, 0.4) is 0 Å². The number of likely N-dealkylation sites (tertiary alicyclic amines) is 1. The van der Waals surface area contributed by atoms with Gasteiger partial charge in [0.05, 0.1) is 7.05 Å². The first-order valence-corrected chi connectivity index (χ1v) is 6.65. The van der Waals surface area contributed by atoms with Crippen LogP contribution in [0.15, 0.2) is 12.1 Å². The lowest BCUT2D eigenvalue weighted by molar-refractivity contribution is -0.391. The first kappa shape index (κ1) is 13.1. The van der Waals surface area contributed by atoms with Crippen molar-refractivity contribution in [2.45, 2.75) is 17.7 Å². The van der Waals surface area contributed by atoms with Gasteiger partial charge in [-0.05, 0) is 23.8 Å². The molecule has 2 rings (SSSR count). The minimum atomic E-state index is -0.485. The van der Waals surface area contributed by atoms with Crippen molar-refractivity contribution >= 4 is 27.7 Å². The van der Waals surface area contributed by atoms with Crippen molar-refractivity contribution in [3.8, 4) is 0 Å². The van der Waals surface area contributed by atoms with Crippen molar-refractivity contribution in [3.63, 3.8) is 0 Å². The number of nitrogens with zero attached hydrogens (tertiary/aromatic N) is 3. The van der Waals surface area contributed by atoms with Crippen LogP contribution < -0.4 is 0 Å². The topological polar surface area (TPSA) is 68.4 Å². The predicted molar refractivity (Wildman–Crippen MR) is 69.9 cm³/mol. The number of rotatable bonds is 2. The van der Waals surface area contributed by atoms with Crippen molar-refractivity contribution in [2.24, 2.45) is 7.05 Å². The number of amides is 1. The van der Waals surface area contributed by atoms with Crippen LogP contribution in [-0.2, 0) is 7.05 Å². The summed E-state index contributed by atoms with van der Waals surface area (Å²) in [5.41, 5.74) is 0.370. The monoisotopic (exact) mass is 315 g/mol. The predicted octanol–water partition coefficient (Wildman–Crippen LogP) is 1.93. The van der Waals surface area contributed by atoms with Gasteiger partial charge in [-0.25, -0.2) is 4.57 Å². The molecule has 1 saturated heterocycles. The number of hydrogen-bond donors (Lipinski definition) is 0. The highest BCUT2D eigenvalue weighted by atomic mass is 79.9. The zero-order valence-electron chi connectivity index (χ0n) is 10.0. The number of hydrogen-bond acceptors (Lipinski definition) is 3. The molecule has 0 bridgehead atoms. The molecule has 1 fully saturated rings. The number of halogens is 1. The molecule has 0 aromatic carbocycles. The van der Waals surface area contributed by atoms with E-state index in [0.29, 0.717) is 23.6 Å². The van der Waals surface area contributed by atoms with Gasteiger partial charge in [0.15, 0.2) is 5.69 Å². The summed E-state index contributed by atoms with van der Waals surface area (Å²) < 4.78 is 1.34. The SMILES string of the molecule is Cn1c(C(=O)N2CCC(Br)CC2)ccc1[N+](=O)[O-]. The molecule has 0 aliphatic carbocycles. The minimum Gasteiger partial charge on any atom is -0.358 e. The number of carbonyl (C=O) groups excluding carboxylic acids is 1. The largest absolute Gasteiger partial charge is 0.358 e. The second kappa shape index (κ2) is 5.09. The lowest BCUT2D eigenvalue weighted by Gasteiger charge is -2.28. The third-order valence-electron chi connectivity index (χ3n) is 3.21. The van der Waals surface area contributed by atoms with E-state index in [2.05, 4.69) is 15.9 Å². The van der Waals surface area contributed by atoms with Crippen LogP contribution in [0.1, 0.15) is 23.3 Å². The lowest BCUT2D eigenvalue weighted by Crippen LogP contribution is -2.39. The normalized spacial score (nSPS) is 16.9. The summed E-state index contributed by atoms with van der Waals surface area (Å²) in [5.74, 6) is -0.196. The van der Waals surface area contributed by atoms with Gasteiger partial charge in [0.2, 0.25) is 0 Å². The Kier molecular flexibility index (Phi) is 3.70. The molecule has 1 aliphatic rings. The molecular formula is C11H14BrN3O3. The standard InChI is InChI=1S/C11H14BrN3O3/c1-13-9(2-3-10(13)15(17)18)11(16)14-6-4-8(12)5-7-14/h2-3,8H,4-7H2,1H3. The average molecular weight is 316 g/mol. The molecule has 1 aliphatic heterocycles. The first-order chi connectivity index (χ1) is 8.50. The summed E-state index contributed by atoms with van der Waals surface area (Å²) >= 11 is 3.53. The Balaban J connectivity index is 2.16. The summed E-state index contributed by atoms with van der Waals surface area (Å²) in [6.07, 6.45) is 1.83. The third-order valence-corrected chi connectivity index (χ3v) is 4.13. The van der Waals surface area contributed by atoms with Crippen LogP contribution in [0.2, 0.25) is 0 Å². The number of nitro groups is 1. The van der Waals surface area contributed by atoms with E-state index in [1.54, 1.807) is 11.9 Å². The van der Waals surface area contributed by atoms with Gasteiger partial charge in [-0.3, -0.25) is 4.79 Å². The summed E-state index contributed by atoms with van der Waals surface area (Å²) in [7, 11) is 1.54. The molecule has 1 aromatic heterocycles. The van der Waals surface area contributed by atoms with E-state index in [1.807, 2.05) is 0 Å². The molecule has 1 aromatic rings. The van der Waals surface area contributed by atoms with Gasteiger partial charge in [0.1, 0.15) is 0 Å². The molecule has 0 radical (unpaired) electrons. The van der Waals surface area contributed by atoms with Gasteiger partial charge >= 0.3 is 5.82 Å². The fourth-order valence-electron chi connectivity index (χ4n) is 2.11. The van der Waals surface area contributed by atoms with Crippen LogP contribution in [0, 0.1) is 10.1 Å². The number of aromatic nitrogens is 1.